The third-order valence-electron chi connectivity index (χ3n) is 15.7. The van der Waals surface area contributed by atoms with Crippen molar-refractivity contribution >= 4 is 44.0 Å². The Bertz CT molecular complexity index is 2940. The lowest BCUT2D eigenvalue weighted by molar-refractivity contribution is -0.384. The molecule has 3 aromatic carbocycles. The van der Waals surface area contributed by atoms with Gasteiger partial charge in [-0.1, -0.05) is 38.1 Å². The first kappa shape index (κ1) is 46.5. The highest BCUT2D eigenvalue weighted by atomic mass is 32.2. The first-order valence-electron chi connectivity index (χ1n) is 24.4. The maximum Gasteiger partial charge on any atom is 0.297 e. The van der Waals surface area contributed by atoms with Gasteiger partial charge in [0.05, 0.1) is 38.8 Å². The van der Waals surface area contributed by atoms with Gasteiger partial charge in [-0.05, 0) is 131 Å². The number of aromatic amines is 1. The van der Waals surface area contributed by atoms with Crippen molar-refractivity contribution in [3.8, 4) is 23.3 Å². The van der Waals surface area contributed by atoms with Gasteiger partial charge in [0.1, 0.15) is 29.8 Å². The van der Waals surface area contributed by atoms with Crippen molar-refractivity contribution in [3.05, 3.63) is 105 Å². The number of carbonyl (C=O) groups is 1. The van der Waals surface area contributed by atoms with E-state index in [1.54, 1.807) is 24.4 Å². The van der Waals surface area contributed by atoms with Crippen LogP contribution in [0.4, 0.5) is 17.1 Å². The van der Waals surface area contributed by atoms with E-state index in [0.29, 0.717) is 59.8 Å². The van der Waals surface area contributed by atoms with E-state index in [-0.39, 0.29) is 46.6 Å². The largest absolute Gasteiger partial charge is 0.489 e. The lowest BCUT2D eigenvalue weighted by Gasteiger charge is -2.56. The van der Waals surface area contributed by atoms with E-state index in [4.69, 9.17) is 9.47 Å². The number of aliphatic hydroxyl groups is 1. The fraction of sp³-hybridized carbons (Fsp3) is 0.481. The molecule has 3 aliphatic heterocycles. The SMILES string of the molecule is CC(C)c1ccccc1[C@@H]1CCCN1C1CC2(CCN(c3ccc(C(=O)NS(=O)(=O)c4cc5c(c([N+](=O)[O-])c4)N[C@@H](C[C@H]4CC[C@](C)(O)CC4)CO5)c(Oc4cnc5[nH]cc(C#N)c5c4)c3)CC2)C1. The standard InChI is InChI=1S/C52H60N8O8S/c1-32(2)40-7-4-5-8-41(40)44-9-6-18-59(44)37-26-52(27-37)16-19-58(20-17-52)36-10-11-42(46(22-36)68-38-23-43-34(28-53)29-54-49(43)55-30-38)50(61)57-69(65,66)39-24-45(60(63)64)48-47(25-39)67-31-35(56-48)21-33-12-14-51(3,62)15-13-33/h4-5,7-8,10-11,22-25,29-30,32-33,35,37,44,56,62H,6,9,12-21,26-27,31H2,1-3H3,(H,54,55)(H,57,61)/t33-,35-,44-,51-/m0/s1. The average Bonchev–Trinajstić information content (AvgIpc) is 3.98. The third kappa shape index (κ3) is 9.34. The van der Waals surface area contributed by atoms with Crippen LogP contribution in [0.15, 0.2) is 78.0 Å². The molecule has 4 N–H and O–H groups in total. The molecule has 2 saturated heterocycles. The van der Waals surface area contributed by atoms with Crippen molar-refractivity contribution in [2.75, 3.05) is 36.5 Å². The van der Waals surface area contributed by atoms with E-state index in [1.165, 1.54) is 55.1 Å². The molecule has 4 fully saturated rings. The number of carbonyl (C=O) groups excluding carboxylic acids is 1. The van der Waals surface area contributed by atoms with Crippen LogP contribution in [0.2, 0.25) is 0 Å². The van der Waals surface area contributed by atoms with Gasteiger partial charge in [0.25, 0.3) is 21.6 Å². The van der Waals surface area contributed by atoms with Crippen LogP contribution in [0.1, 0.15) is 130 Å². The molecule has 0 bridgehead atoms. The average molecular weight is 957 g/mol. The molecule has 5 aliphatic rings. The van der Waals surface area contributed by atoms with Gasteiger partial charge in [-0.25, -0.2) is 18.1 Å². The Morgan fingerprint density at radius 2 is 1.84 bits per heavy atom. The predicted octanol–water partition coefficient (Wildman–Crippen LogP) is 9.47. The highest BCUT2D eigenvalue weighted by molar-refractivity contribution is 7.90. The number of sulfonamides is 1. The molecular weight excluding hydrogens is 897 g/mol. The van der Waals surface area contributed by atoms with Crippen LogP contribution in [0.3, 0.4) is 0 Å². The van der Waals surface area contributed by atoms with Crippen molar-refractivity contribution in [3.63, 3.8) is 0 Å². The number of nitriles is 1. The molecule has 2 atom stereocenters. The summed E-state index contributed by atoms with van der Waals surface area (Å²) in [4.78, 5) is 37.8. The molecule has 1 amide bonds. The molecule has 5 aromatic rings. The number of fused-ring (bicyclic) bond motifs is 2. The zero-order valence-corrected chi connectivity index (χ0v) is 40.2. The van der Waals surface area contributed by atoms with E-state index in [0.717, 1.165) is 57.1 Å². The number of nitro benzene ring substituents is 1. The van der Waals surface area contributed by atoms with Crippen LogP contribution in [-0.2, 0) is 10.0 Å². The monoisotopic (exact) mass is 956 g/mol. The number of amides is 1. The lowest BCUT2D eigenvalue weighted by atomic mass is 9.59. The fourth-order valence-electron chi connectivity index (χ4n) is 11.8. The van der Waals surface area contributed by atoms with Crippen LogP contribution in [0.25, 0.3) is 11.0 Å². The van der Waals surface area contributed by atoms with Gasteiger partial charge >= 0.3 is 0 Å². The number of aromatic nitrogens is 2. The van der Waals surface area contributed by atoms with Crippen LogP contribution in [0.5, 0.6) is 17.2 Å². The normalized spacial score (nSPS) is 23.7. The second-order valence-electron chi connectivity index (χ2n) is 20.7. The number of nitrogens with zero attached hydrogens (tertiary/aromatic N) is 5. The van der Waals surface area contributed by atoms with Gasteiger partial charge < -0.3 is 29.8 Å². The maximum atomic E-state index is 14.2. The van der Waals surface area contributed by atoms with E-state index in [1.807, 2.05) is 6.92 Å². The minimum absolute atomic E-state index is 0.00833. The van der Waals surface area contributed by atoms with Gasteiger partial charge in [0, 0.05) is 60.6 Å². The molecule has 69 heavy (non-hydrogen) atoms. The zero-order chi connectivity index (χ0) is 48.2. The van der Waals surface area contributed by atoms with Crippen molar-refractivity contribution in [2.24, 2.45) is 11.3 Å². The molecule has 0 radical (unpaired) electrons. The Balaban J connectivity index is 0.860. The van der Waals surface area contributed by atoms with Gasteiger partial charge in [0.2, 0.25) is 0 Å². The number of piperidine rings is 1. The summed E-state index contributed by atoms with van der Waals surface area (Å²) in [6.07, 6.45) is 13.4. The van der Waals surface area contributed by atoms with Gasteiger partial charge in [-0.15, -0.1) is 0 Å². The minimum Gasteiger partial charge on any atom is -0.489 e. The fourth-order valence-corrected chi connectivity index (χ4v) is 12.8. The molecule has 1 spiro atoms. The molecule has 17 heteroatoms. The Labute approximate surface area is 402 Å². The Morgan fingerprint density at radius 1 is 1.07 bits per heavy atom. The maximum absolute atomic E-state index is 14.2. The third-order valence-corrected chi connectivity index (χ3v) is 17.0. The number of nitrogens with one attached hydrogen (secondary N) is 3. The van der Waals surface area contributed by atoms with Crippen LogP contribution < -0.4 is 24.4 Å². The first-order valence-corrected chi connectivity index (χ1v) is 25.9. The van der Waals surface area contributed by atoms with E-state index >= 15 is 0 Å². The highest BCUT2D eigenvalue weighted by Crippen LogP contribution is 2.54. The Morgan fingerprint density at radius 3 is 2.58 bits per heavy atom. The van der Waals surface area contributed by atoms with Crippen molar-refractivity contribution < 1.29 is 32.7 Å². The van der Waals surface area contributed by atoms with Crippen LogP contribution in [-0.4, -0.2) is 83.1 Å². The topological polar surface area (TPSA) is 216 Å². The van der Waals surface area contributed by atoms with Crippen molar-refractivity contribution in [1.29, 1.82) is 5.26 Å². The lowest BCUT2D eigenvalue weighted by Crippen LogP contribution is -2.54. The quantitative estimate of drug-likeness (QED) is 0.0678. The molecule has 362 valence electrons. The summed E-state index contributed by atoms with van der Waals surface area (Å²) in [7, 11) is -4.70. The number of H-pyrrole nitrogens is 1. The van der Waals surface area contributed by atoms with Crippen molar-refractivity contribution in [2.45, 2.75) is 126 Å². The second-order valence-corrected chi connectivity index (χ2v) is 22.4. The molecule has 10 rings (SSSR count). The number of ether oxygens (including phenoxy) is 2. The second kappa shape index (κ2) is 18.3. The molecule has 2 aliphatic carbocycles. The van der Waals surface area contributed by atoms with Crippen LogP contribution in [0, 0.1) is 32.8 Å². The predicted molar refractivity (Wildman–Crippen MR) is 261 cm³/mol. The van der Waals surface area contributed by atoms with Crippen LogP contribution >= 0.6 is 0 Å². The Kier molecular flexibility index (Phi) is 12.3. The summed E-state index contributed by atoms with van der Waals surface area (Å²) in [5.41, 5.74) is 3.63. The zero-order valence-electron chi connectivity index (χ0n) is 39.4. The number of hydrogen-bond donors (Lipinski definition) is 4. The first-order chi connectivity index (χ1) is 33.1. The highest BCUT2D eigenvalue weighted by Gasteiger charge is 2.50. The summed E-state index contributed by atoms with van der Waals surface area (Å²) in [6.45, 7) is 9.28. The minimum atomic E-state index is -4.70. The van der Waals surface area contributed by atoms with Gasteiger partial charge in [0.15, 0.2) is 11.4 Å². The summed E-state index contributed by atoms with van der Waals surface area (Å²) >= 11 is 0. The number of rotatable bonds is 12. The van der Waals surface area contributed by atoms with Gasteiger partial charge in [-0.2, -0.15) is 5.26 Å². The number of nitro groups is 1. The molecule has 0 unspecified atom stereocenters. The molecular formula is C52H60N8O8S. The number of pyridine rings is 1. The number of anilines is 2. The van der Waals surface area contributed by atoms with Gasteiger partial charge in [-0.3, -0.25) is 19.8 Å². The summed E-state index contributed by atoms with van der Waals surface area (Å²) in [5, 5.41) is 36.3. The molecule has 5 heterocycles. The van der Waals surface area contributed by atoms with Crippen molar-refractivity contribution in [1.82, 2.24) is 19.6 Å². The number of likely N-dealkylation sites (tertiary alicyclic amines) is 1. The summed E-state index contributed by atoms with van der Waals surface area (Å²) in [6, 6.07) is 20.6. The summed E-state index contributed by atoms with van der Waals surface area (Å²) < 4.78 is 42.5. The van der Waals surface area contributed by atoms with E-state index in [2.05, 4.69) is 74.0 Å². The summed E-state index contributed by atoms with van der Waals surface area (Å²) in [5.74, 6) is 0.0536. The van der Waals surface area contributed by atoms with E-state index in [9.17, 15) is 33.7 Å². The molecule has 2 saturated carbocycles. The molecule has 16 nitrogen and oxygen atoms in total. The number of hydrogen-bond acceptors (Lipinski definition) is 13. The molecule has 2 aromatic heterocycles. The van der Waals surface area contributed by atoms with E-state index < -0.39 is 37.0 Å². The Hall–Kier alpha value is -6.22. The smallest absolute Gasteiger partial charge is 0.297 e. The number of benzene rings is 3.